The highest BCUT2D eigenvalue weighted by Crippen LogP contribution is 2.24. The Labute approximate surface area is 137 Å². The first-order valence-corrected chi connectivity index (χ1v) is 7.97. The van der Waals surface area contributed by atoms with Crippen LogP contribution in [0.4, 0.5) is 4.39 Å². The molecule has 0 fully saturated rings. The maximum Gasteiger partial charge on any atom is 0.262 e. The largest absolute Gasteiger partial charge is 0.337 e. The maximum atomic E-state index is 14.2. The van der Waals surface area contributed by atoms with Crippen LogP contribution in [0.25, 0.3) is 0 Å². The van der Waals surface area contributed by atoms with Gasteiger partial charge in [0.05, 0.1) is 4.88 Å². The summed E-state index contributed by atoms with van der Waals surface area (Å²) in [5, 5.41) is 2.90. The molecule has 118 valence electrons. The first-order chi connectivity index (χ1) is 11.1. The molecule has 1 aromatic carbocycles. The highest BCUT2D eigenvalue weighted by Gasteiger charge is 2.24. The van der Waals surface area contributed by atoms with Crippen LogP contribution in [0.5, 0.6) is 0 Å². The van der Waals surface area contributed by atoms with Crippen LogP contribution in [0, 0.1) is 12.7 Å². The number of nitrogens with one attached hydrogen (secondary N) is 1. The quantitative estimate of drug-likeness (QED) is 0.797. The molecule has 0 spiro atoms. The molecule has 1 amide bonds. The number of amides is 1. The van der Waals surface area contributed by atoms with Crippen molar-refractivity contribution in [3.05, 3.63) is 75.8 Å². The number of imidazole rings is 1. The maximum absolute atomic E-state index is 14.2. The molecule has 1 atom stereocenters. The summed E-state index contributed by atoms with van der Waals surface area (Å²) in [5.41, 5.74) is 0.392. The van der Waals surface area contributed by atoms with Crippen molar-refractivity contribution in [2.45, 2.75) is 13.0 Å². The van der Waals surface area contributed by atoms with Gasteiger partial charge < -0.3 is 9.88 Å². The normalized spacial score (nSPS) is 12.1. The second-order valence-electron chi connectivity index (χ2n) is 5.23. The summed E-state index contributed by atoms with van der Waals surface area (Å²) in [5.74, 6) is -0.0285. The highest BCUT2D eigenvalue weighted by molar-refractivity contribution is 7.13. The minimum absolute atomic E-state index is 0.237. The van der Waals surface area contributed by atoms with Crippen molar-refractivity contribution >= 4 is 17.2 Å². The van der Waals surface area contributed by atoms with Crippen LogP contribution in [0.3, 0.4) is 0 Å². The molecular formula is C17H16FN3OS. The van der Waals surface area contributed by atoms with Crippen molar-refractivity contribution < 1.29 is 9.18 Å². The smallest absolute Gasteiger partial charge is 0.262 e. The van der Waals surface area contributed by atoms with E-state index >= 15 is 0 Å². The molecule has 23 heavy (non-hydrogen) atoms. The summed E-state index contributed by atoms with van der Waals surface area (Å²) in [7, 11) is 1.82. The zero-order valence-corrected chi connectivity index (χ0v) is 13.6. The van der Waals surface area contributed by atoms with Gasteiger partial charge in [-0.2, -0.15) is 0 Å². The second-order valence-corrected chi connectivity index (χ2v) is 6.52. The molecule has 0 aliphatic heterocycles. The summed E-state index contributed by atoms with van der Waals surface area (Å²) in [4.78, 5) is 18.4. The van der Waals surface area contributed by atoms with Gasteiger partial charge in [0.15, 0.2) is 0 Å². The Kier molecular flexibility index (Phi) is 4.25. The van der Waals surface area contributed by atoms with Crippen molar-refractivity contribution in [3.63, 3.8) is 0 Å². The SMILES string of the molecule is Cc1ccc(C(=O)N[C@H](c2ccccc2F)c2nccn2C)s1. The molecule has 2 heterocycles. The van der Waals surface area contributed by atoms with Crippen molar-refractivity contribution in [1.29, 1.82) is 0 Å². The third-order valence-electron chi connectivity index (χ3n) is 3.57. The minimum atomic E-state index is -0.647. The Morgan fingerprint density at radius 3 is 2.70 bits per heavy atom. The Hall–Kier alpha value is -2.47. The molecule has 0 aliphatic rings. The molecular weight excluding hydrogens is 313 g/mol. The predicted molar refractivity (Wildman–Crippen MR) is 88.0 cm³/mol. The van der Waals surface area contributed by atoms with E-state index in [-0.39, 0.29) is 11.7 Å². The Bertz CT molecular complexity index is 840. The molecule has 2 aromatic heterocycles. The van der Waals surface area contributed by atoms with Gasteiger partial charge in [-0.05, 0) is 25.1 Å². The zero-order valence-electron chi connectivity index (χ0n) is 12.8. The Balaban J connectivity index is 1.98. The van der Waals surface area contributed by atoms with E-state index in [9.17, 15) is 9.18 Å². The van der Waals surface area contributed by atoms with Gasteiger partial charge in [-0.3, -0.25) is 4.79 Å². The summed E-state index contributed by atoms with van der Waals surface area (Å²) in [6.45, 7) is 1.94. The molecule has 6 heteroatoms. The number of hydrogen-bond donors (Lipinski definition) is 1. The average Bonchev–Trinajstić information content (AvgIpc) is 3.14. The number of carbonyl (C=O) groups is 1. The van der Waals surface area contributed by atoms with Crippen molar-refractivity contribution in [2.24, 2.45) is 7.05 Å². The van der Waals surface area contributed by atoms with Gasteiger partial charge in [-0.25, -0.2) is 9.37 Å². The van der Waals surface area contributed by atoms with Crippen molar-refractivity contribution in [2.75, 3.05) is 0 Å². The monoisotopic (exact) mass is 329 g/mol. The molecule has 0 saturated heterocycles. The zero-order chi connectivity index (χ0) is 16.4. The number of thiophene rings is 1. The van der Waals surface area contributed by atoms with Gasteiger partial charge in [-0.15, -0.1) is 11.3 Å². The first kappa shape index (κ1) is 15.4. The van der Waals surface area contributed by atoms with Crippen LogP contribution < -0.4 is 5.32 Å². The molecule has 0 bridgehead atoms. The van der Waals surface area contributed by atoms with Crippen LogP contribution in [0.2, 0.25) is 0 Å². The van der Waals surface area contributed by atoms with Gasteiger partial charge in [0, 0.05) is 29.9 Å². The van der Waals surface area contributed by atoms with Crippen LogP contribution in [0.15, 0.2) is 48.8 Å². The fourth-order valence-electron chi connectivity index (χ4n) is 2.40. The topological polar surface area (TPSA) is 46.9 Å². The van der Waals surface area contributed by atoms with E-state index in [0.29, 0.717) is 16.3 Å². The fraction of sp³-hybridized carbons (Fsp3) is 0.176. The first-order valence-electron chi connectivity index (χ1n) is 7.15. The average molecular weight is 329 g/mol. The molecule has 1 N–H and O–H groups in total. The number of benzene rings is 1. The molecule has 3 rings (SSSR count). The van der Waals surface area contributed by atoms with Crippen LogP contribution in [-0.4, -0.2) is 15.5 Å². The number of halogens is 1. The number of rotatable bonds is 4. The minimum Gasteiger partial charge on any atom is -0.337 e. The number of carbonyl (C=O) groups excluding carboxylic acids is 1. The molecule has 4 nitrogen and oxygen atoms in total. The molecule has 0 aliphatic carbocycles. The Morgan fingerprint density at radius 1 is 1.30 bits per heavy atom. The Morgan fingerprint density at radius 2 is 2.09 bits per heavy atom. The van der Waals surface area contributed by atoms with E-state index in [2.05, 4.69) is 10.3 Å². The van der Waals surface area contributed by atoms with Crippen molar-refractivity contribution in [3.8, 4) is 0 Å². The van der Waals surface area contributed by atoms with E-state index in [4.69, 9.17) is 0 Å². The predicted octanol–water partition coefficient (Wildman–Crippen LogP) is 3.45. The van der Waals surface area contributed by atoms with E-state index in [1.165, 1.54) is 17.4 Å². The van der Waals surface area contributed by atoms with Crippen molar-refractivity contribution in [1.82, 2.24) is 14.9 Å². The van der Waals surface area contributed by atoms with E-state index < -0.39 is 6.04 Å². The lowest BCUT2D eigenvalue weighted by atomic mass is 10.1. The van der Waals surface area contributed by atoms with Gasteiger partial charge in [0.1, 0.15) is 17.7 Å². The van der Waals surface area contributed by atoms with Gasteiger partial charge >= 0.3 is 0 Å². The molecule has 0 saturated carbocycles. The summed E-state index contributed by atoms with van der Waals surface area (Å²) in [6.07, 6.45) is 3.40. The second kappa shape index (κ2) is 6.34. The van der Waals surface area contributed by atoms with Gasteiger partial charge in [0.2, 0.25) is 0 Å². The van der Waals surface area contributed by atoms with E-state index in [0.717, 1.165) is 4.88 Å². The van der Waals surface area contributed by atoms with Crippen LogP contribution in [0.1, 0.15) is 32.0 Å². The summed E-state index contributed by atoms with van der Waals surface area (Å²) in [6, 6.07) is 9.42. The third kappa shape index (κ3) is 3.17. The number of hydrogen-bond acceptors (Lipinski definition) is 3. The van der Waals surface area contributed by atoms with Gasteiger partial charge in [0.25, 0.3) is 5.91 Å². The molecule has 3 aromatic rings. The molecule has 0 unspecified atom stereocenters. The van der Waals surface area contributed by atoms with Crippen LogP contribution in [-0.2, 0) is 7.05 Å². The summed E-state index contributed by atoms with van der Waals surface area (Å²) >= 11 is 1.41. The number of aryl methyl sites for hydroxylation is 2. The number of nitrogens with zero attached hydrogens (tertiary/aromatic N) is 2. The lowest BCUT2D eigenvalue weighted by Crippen LogP contribution is -2.31. The standard InChI is InChI=1S/C17H16FN3OS/c1-11-7-8-14(23-11)17(22)20-15(16-19-9-10-21(16)2)12-5-3-4-6-13(12)18/h3-10,15H,1-2H3,(H,20,22)/t15-/m1/s1. The highest BCUT2D eigenvalue weighted by atomic mass is 32.1. The van der Waals surface area contributed by atoms with E-state index in [1.807, 2.05) is 20.0 Å². The summed E-state index contributed by atoms with van der Waals surface area (Å²) < 4.78 is 16.0. The van der Waals surface area contributed by atoms with Crippen LogP contribution >= 0.6 is 11.3 Å². The number of aromatic nitrogens is 2. The fourth-order valence-corrected chi connectivity index (χ4v) is 3.18. The van der Waals surface area contributed by atoms with E-state index in [1.54, 1.807) is 41.2 Å². The third-order valence-corrected chi connectivity index (χ3v) is 4.57. The van der Waals surface area contributed by atoms with Gasteiger partial charge in [-0.1, -0.05) is 18.2 Å². The lowest BCUT2D eigenvalue weighted by Gasteiger charge is -2.19. The molecule has 0 radical (unpaired) electrons. The lowest BCUT2D eigenvalue weighted by molar-refractivity contribution is 0.0945.